The van der Waals surface area contributed by atoms with Gasteiger partial charge in [-0.1, -0.05) is 17.7 Å². The Morgan fingerprint density at radius 1 is 1.23 bits per heavy atom. The molecule has 0 N–H and O–H groups in total. The second kappa shape index (κ2) is 8.16. The highest BCUT2D eigenvalue weighted by molar-refractivity contribution is 6.30. The maximum Gasteiger partial charge on any atom is 0.251 e. The summed E-state index contributed by atoms with van der Waals surface area (Å²) in [5.74, 6) is -2.54. The first-order valence-electron chi connectivity index (χ1n) is 9.21. The summed E-state index contributed by atoms with van der Waals surface area (Å²) in [6.07, 6.45) is 1.28. The Balaban J connectivity index is 1.65. The van der Waals surface area contributed by atoms with E-state index in [1.165, 1.54) is 30.3 Å². The van der Waals surface area contributed by atoms with Crippen molar-refractivity contribution in [3.05, 3.63) is 52.7 Å². The van der Waals surface area contributed by atoms with Gasteiger partial charge < -0.3 is 14.4 Å². The van der Waals surface area contributed by atoms with Crippen LogP contribution >= 0.6 is 11.6 Å². The number of nitrogens with zero attached hydrogens (tertiary/aromatic N) is 3. The molecule has 158 valence electrons. The van der Waals surface area contributed by atoms with Gasteiger partial charge in [-0.15, -0.1) is 0 Å². The van der Waals surface area contributed by atoms with E-state index in [0.29, 0.717) is 18.8 Å². The molecule has 4 rings (SSSR count). The summed E-state index contributed by atoms with van der Waals surface area (Å²) in [6.45, 7) is 0.227. The third kappa shape index (κ3) is 3.70. The van der Waals surface area contributed by atoms with Crippen LogP contribution in [0, 0.1) is 17.6 Å². The van der Waals surface area contributed by atoms with Crippen LogP contribution in [0.4, 0.5) is 14.6 Å². The van der Waals surface area contributed by atoms with Crippen LogP contribution in [0.3, 0.4) is 0 Å². The van der Waals surface area contributed by atoms with Crippen molar-refractivity contribution in [2.24, 2.45) is 5.92 Å². The van der Waals surface area contributed by atoms with E-state index in [1.807, 2.05) is 0 Å². The van der Waals surface area contributed by atoms with Crippen LogP contribution in [0.15, 0.2) is 30.5 Å². The first-order chi connectivity index (χ1) is 14.4. The minimum atomic E-state index is -0.873. The predicted octanol–water partition coefficient (Wildman–Crippen LogP) is 2.41. The van der Waals surface area contributed by atoms with Gasteiger partial charge in [-0.3, -0.25) is 14.5 Å². The smallest absolute Gasteiger partial charge is 0.251 e. The largest absolute Gasteiger partial charge is 0.495 e. The standard InChI is InChI=1S/C20H18ClF2N3O4/c1-29-13-5-16(23)19(24-6-13)26-8-17(27)25(18(20(26)28)12-9-30-10-12)7-11-2-3-14(21)15(22)4-11/h2-6,12,18H,7-10H2,1H3. The Labute approximate surface area is 176 Å². The van der Waals surface area contributed by atoms with Crippen molar-refractivity contribution in [2.75, 3.05) is 31.8 Å². The summed E-state index contributed by atoms with van der Waals surface area (Å²) >= 11 is 5.73. The number of anilines is 1. The highest BCUT2D eigenvalue weighted by atomic mass is 35.5. The molecule has 1 aromatic carbocycles. The average molecular weight is 438 g/mol. The number of piperazine rings is 1. The van der Waals surface area contributed by atoms with Gasteiger partial charge in [0.1, 0.15) is 24.2 Å². The van der Waals surface area contributed by atoms with Crippen LogP contribution in [-0.2, 0) is 20.9 Å². The van der Waals surface area contributed by atoms with E-state index in [4.69, 9.17) is 21.1 Å². The van der Waals surface area contributed by atoms with Crippen molar-refractivity contribution in [1.82, 2.24) is 9.88 Å². The number of carbonyl (C=O) groups is 2. The SMILES string of the molecule is COc1cnc(N2CC(=O)N(Cc3ccc(Cl)c(F)c3)C(C3COC3)C2=O)c(F)c1. The van der Waals surface area contributed by atoms with E-state index in [1.54, 1.807) is 6.07 Å². The van der Waals surface area contributed by atoms with Crippen molar-refractivity contribution in [1.29, 1.82) is 0 Å². The molecule has 2 aromatic rings. The monoisotopic (exact) mass is 437 g/mol. The molecule has 10 heteroatoms. The van der Waals surface area contributed by atoms with Crippen molar-refractivity contribution in [3.8, 4) is 5.75 Å². The maximum absolute atomic E-state index is 14.5. The number of ether oxygens (including phenoxy) is 2. The third-order valence-corrected chi connectivity index (χ3v) is 5.51. The Bertz CT molecular complexity index is 1000. The van der Waals surface area contributed by atoms with Crippen LogP contribution in [-0.4, -0.2) is 54.6 Å². The number of amides is 2. The molecule has 30 heavy (non-hydrogen) atoms. The second-order valence-electron chi connectivity index (χ2n) is 7.12. The molecule has 2 aliphatic rings. The van der Waals surface area contributed by atoms with Crippen molar-refractivity contribution in [3.63, 3.8) is 0 Å². The lowest BCUT2D eigenvalue weighted by Gasteiger charge is -2.45. The minimum Gasteiger partial charge on any atom is -0.495 e. The highest BCUT2D eigenvalue weighted by Gasteiger charge is 2.47. The number of methoxy groups -OCH3 is 1. The fourth-order valence-electron chi connectivity index (χ4n) is 3.57. The lowest BCUT2D eigenvalue weighted by molar-refractivity contribution is -0.155. The molecular formula is C20H18ClF2N3O4. The number of hydrogen-bond acceptors (Lipinski definition) is 5. The van der Waals surface area contributed by atoms with Gasteiger partial charge in [0.15, 0.2) is 11.6 Å². The number of rotatable bonds is 5. The van der Waals surface area contributed by atoms with Gasteiger partial charge >= 0.3 is 0 Å². The van der Waals surface area contributed by atoms with Gasteiger partial charge in [0.05, 0.1) is 31.5 Å². The minimum absolute atomic E-state index is 0.0200. The Kier molecular flexibility index (Phi) is 5.57. The van der Waals surface area contributed by atoms with E-state index in [9.17, 15) is 18.4 Å². The fourth-order valence-corrected chi connectivity index (χ4v) is 3.69. The van der Waals surface area contributed by atoms with Crippen LogP contribution in [0.5, 0.6) is 5.75 Å². The number of carbonyl (C=O) groups excluding carboxylic acids is 2. The number of pyridine rings is 1. The van der Waals surface area contributed by atoms with Crippen molar-refractivity contribution >= 4 is 29.2 Å². The lowest BCUT2D eigenvalue weighted by Crippen LogP contribution is -2.65. The average Bonchev–Trinajstić information content (AvgIpc) is 2.68. The highest BCUT2D eigenvalue weighted by Crippen LogP contribution is 2.31. The Hall–Kier alpha value is -2.78. The quantitative estimate of drug-likeness (QED) is 0.718. The molecule has 0 radical (unpaired) electrons. The molecule has 0 spiro atoms. The van der Waals surface area contributed by atoms with Crippen LogP contribution < -0.4 is 9.64 Å². The van der Waals surface area contributed by atoms with E-state index in [0.717, 1.165) is 11.0 Å². The van der Waals surface area contributed by atoms with Gasteiger partial charge in [0, 0.05) is 18.5 Å². The molecule has 7 nitrogen and oxygen atoms in total. The predicted molar refractivity (Wildman–Crippen MR) is 103 cm³/mol. The molecule has 2 aliphatic heterocycles. The van der Waals surface area contributed by atoms with Crippen LogP contribution in [0.1, 0.15) is 5.56 Å². The zero-order chi connectivity index (χ0) is 21.4. The van der Waals surface area contributed by atoms with Gasteiger partial charge in [-0.2, -0.15) is 0 Å². The van der Waals surface area contributed by atoms with Gasteiger partial charge in [0.25, 0.3) is 5.91 Å². The first kappa shape index (κ1) is 20.5. The molecule has 2 amide bonds. The first-order valence-corrected chi connectivity index (χ1v) is 9.59. The zero-order valence-electron chi connectivity index (χ0n) is 16.0. The number of hydrogen-bond donors (Lipinski definition) is 0. The van der Waals surface area contributed by atoms with E-state index in [2.05, 4.69) is 4.98 Å². The normalized spacial score (nSPS) is 19.8. The summed E-state index contributed by atoms with van der Waals surface area (Å²) in [5.41, 5.74) is 0.491. The Morgan fingerprint density at radius 2 is 2.00 bits per heavy atom. The number of benzene rings is 1. The summed E-state index contributed by atoms with van der Waals surface area (Å²) < 4.78 is 38.5. The Morgan fingerprint density at radius 3 is 2.60 bits per heavy atom. The van der Waals surface area contributed by atoms with Gasteiger partial charge in [-0.05, 0) is 17.7 Å². The summed E-state index contributed by atoms with van der Waals surface area (Å²) in [5, 5.41) is -0.0315. The summed E-state index contributed by atoms with van der Waals surface area (Å²) in [4.78, 5) is 32.6. The molecule has 1 aromatic heterocycles. The van der Waals surface area contributed by atoms with E-state index in [-0.39, 0.29) is 35.6 Å². The van der Waals surface area contributed by atoms with Crippen molar-refractivity contribution < 1.29 is 27.8 Å². The summed E-state index contributed by atoms with van der Waals surface area (Å²) in [7, 11) is 1.37. The van der Waals surface area contributed by atoms with E-state index < -0.39 is 29.5 Å². The third-order valence-electron chi connectivity index (χ3n) is 5.20. The zero-order valence-corrected chi connectivity index (χ0v) is 16.7. The maximum atomic E-state index is 14.5. The molecule has 1 unspecified atom stereocenters. The van der Waals surface area contributed by atoms with Gasteiger partial charge in [0.2, 0.25) is 5.91 Å². The van der Waals surface area contributed by atoms with Gasteiger partial charge in [-0.25, -0.2) is 13.8 Å². The molecule has 3 heterocycles. The molecule has 0 saturated carbocycles. The molecule has 0 aliphatic carbocycles. The molecule has 1 atom stereocenters. The topological polar surface area (TPSA) is 72.0 Å². The number of aromatic nitrogens is 1. The molecule has 2 saturated heterocycles. The van der Waals surface area contributed by atoms with E-state index >= 15 is 0 Å². The van der Waals surface area contributed by atoms with Crippen LogP contribution in [0.2, 0.25) is 5.02 Å². The second-order valence-corrected chi connectivity index (χ2v) is 7.52. The summed E-state index contributed by atoms with van der Waals surface area (Å²) in [6, 6.07) is 4.44. The molecular weight excluding hydrogens is 420 g/mol. The molecule has 0 bridgehead atoms. The number of halogens is 3. The van der Waals surface area contributed by atoms with Crippen LogP contribution in [0.25, 0.3) is 0 Å². The fraction of sp³-hybridized carbons (Fsp3) is 0.350. The molecule has 2 fully saturated rings. The lowest BCUT2D eigenvalue weighted by atomic mass is 9.92. The van der Waals surface area contributed by atoms with Crippen molar-refractivity contribution in [2.45, 2.75) is 12.6 Å².